The van der Waals surface area contributed by atoms with Crippen molar-refractivity contribution in [3.63, 3.8) is 0 Å². The molecule has 1 aromatic carbocycles. The highest BCUT2D eigenvalue weighted by Crippen LogP contribution is 2.24. The third kappa shape index (κ3) is 3.82. The molecule has 0 aliphatic heterocycles. The molecule has 27 heavy (non-hydrogen) atoms. The molecule has 3 heterocycles. The van der Waals surface area contributed by atoms with Gasteiger partial charge in [-0.05, 0) is 37.5 Å². The molecule has 4 rings (SSSR count). The zero-order chi connectivity index (χ0) is 18.6. The Morgan fingerprint density at radius 3 is 2.74 bits per heavy atom. The number of nitrogens with zero attached hydrogens (tertiary/aromatic N) is 1. The van der Waals surface area contributed by atoms with Gasteiger partial charge in [-0.25, -0.2) is 0 Å². The lowest BCUT2D eigenvalue weighted by Gasteiger charge is -2.10. The molecule has 138 valence electrons. The van der Waals surface area contributed by atoms with Gasteiger partial charge in [0.1, 0.15) is 17.2 Å². The van der Waals surface area contributed by atoms with Gasteiger partial charge in [-0.15, -0.1) is 0 Å². The van der Waals surface area contributed by atoms with E-state index in [2.05, 4.69) is 29.6 Å². The first kappa shape index (κ1) is 17.2. The molecule has 5 heteroatoms. The molecule has 0 saturated carbocycles. The van der Waals surface area contributed by atoms with Crippen molar-refractivity contribution in [1.29, 1.82) is 0 Å². The fourth-order valence-corrected chi connectivity index (χ4v) is 3.35. The maximum atomic E-state index is 12.7. The molecule has 0 spiro atoms. The zero-order valence-electron chi connectivity index (χ0n) is 15.3. The largest absolute Gasteiger partial charge is 0.467 e. The van der Waals surface area contributed by atoms with Crippen LogP contribution < -0.4 is 5.32 Å². The van der Waals surface area contributed by atoms with E-state index in [-0.39, 0.29) is 5.91 Å². The van der Waals surface area contributed by atoms with Gasteiger partial charge >= 0.3 is 0 Å². The predicted molar refractivity (Wildman–Crippen MR) is 104 cm³/mol. The Bertz CT molecular complexity index is 1030. The molecule has 0 atom stereocenters. The van der Waals surface area contributed by atoms with Crippen molar-refractivity contribution in [3.8, 4) is 0 Å². The summed E-state index contributed by atoms with van der Waals surface area (Å²) in [6.45, 7) is 3.03. The number of rotatable bonds is 7. The predicted octanol–water partition coefficient (Wildman–Crippen LogP) is 4.70. The maximum Gasteiger partial charge on any atom is 0.268 e. The molecule has 0 unspecified atom stereocenters. The monoisotopic (exact) mass is 362 g/mol. The van der Waals surface area contributed by atoms with Gasteiger partial charge in [0.15, 0.2) is 5.58 Å². The average molecular weight is 362 g/mol. The van der Waals surface area contributed by atoms with Crippen LogP contribution in [-0.2, 0) is 19.5 Å². The SMILES string of the molecule is Cc1cc2c(cc(C(=O)NCc3ccco3)n2CCCc2ccccc2)o1. The van der Waals surface area contributed by atoms with Crippen molar-refractivity contribution in [1.82, 2.24) is 9.88 Å². The highest BCUT2D eigenvalue weighted by Gasteiger charge is 2.18. The number of aryl methyl sites for hydroxylation is 3. The molecule has 5 nitrogen and oxygen atoms in total. The van der Waals surface area contributed by atoms with Crippen LogP contribution in [0.2, 0.25) is 0 Å². The minimum Gasteiger partial charge on any atom is -0.467 e. The minimum atomic E-state index is -0.129. The molecule has 0 radical (unpaired) electrons. The van der Waals surface area contributed by atoms with Gasteiger partial charge in [-0.2, -0.15) is 0 Å². The molecule has 0 fully saturated rings. The lowest BCUT2D eigenvalue weighted by Crippen LogP contribution is -2.25. The molecule has 0 aliphatic carbocycles. The maximum absolute atomic E-state index is 12.7. The molecule has 0 aliphatic rings. The van der Waals surface area contributed by atoms with E-state index < -0.39 is 0 Å². The van der Waals surface area contributed by atoms with Gasteiger partial charge in [-0.3, -0.25) is 4.79 Å². The quantitative estimate of drug-likeness (QED) is 0.518. The summed E-state index contributed by atoms with van der Waals surface area (Å²) >= 11 is 0. The van der Waals surface area contributed by atoms with Gasteiger partial charge in [-0.1, -0.05) is 30.3 Å². The van der Waals surface area contributed by atoms with Crippen molar-refractivity contribution >= 4 is 17.0 Å². The van der Waals surface area contributed by atoms with Crippen LogP contribution in [0.5, 0.6) is 0 Å². The van der Waals surface area contributed by atoms with E-state index in [1.54, 1.807) is 6.26 Å². The van der Waals surface area contributed by atoms with Crippen LogP contribution in [0, 0.1) is 6.92 Å². The summed E-state index contributed by atoms with van der Waals surface area (Å²) in [5.74, 6) is 1.44. The zero-order valence-corrected chi connectivity index (χ0v) is 15.3. The van der Waals surface area contributed by atoms with E-state index in [9.17, 15) is 4.79 Å². The molecular weight excluding hydrogens is 340 g/mol. The Kier molecular flexibility index (Phi) is 4.83. The number of furan rings is 2. The average Bonchev–Trinajstić information content (AvgIpc) is 3.38. The summed E-state index contributed by atoms with van der Waals surface area (Å²) in [7, 11) is 0. The Morgan fingerprint density at radius 2 is 1.96 bits per heavy atom. The molecule has 4 aromatic rings. The first-order valence-corrected chi connectivity index (χ1v) is 9.15. The Hall–Kier alpha value is -3.21. The van der Waals surface area contributed by atoms with Crippen LogP contribution in [-0.4, -0.2) is 10.5 Å². The van der Waals surface area contributed by atoms with Gasteiger partial charge in [0, 0.05) is 18.7 Å². The summed E-state index contributed by atoms with van der Waals surface area (Å²) in [6.07, 6.45) is 3.50. The third-order valence-corrected chi connectivity index (χ3v) is 4.64. The van der Waals surface area contributed by atoms with Crippen LogP contribution in [0.3, 0.4) is 0 Å². The van der Waals surface area contributed by atoms with E-state index in [4.69, 9.17) is 8.83 Å². The fraction of sp³-hybridized carbons (Fsp3) is 0.227. The van der Waals surface area contributed by atoms with Crippen molar-refractivity contribution in [3.05, 3.63) is 83.6 Å². The summed E-state index contributed by atoms with van der Waals surface area (Å²) in [5.41, 5.74) is 3.62. The third-order valence-electron chi connectivity index (χ3n) is 4.64. The number of carbonyl (C=O) groups excluding carboxylic acids is 1. The van der Waals surface area contributed by atoms with E-state index in [1.165, 1.54) is 5.56 Å². The van der Waals surface area contributed by atoms with Crippen LogP contribution in [0.25, 0.3) is 11.1 Å². The number of amides is 1. The first-order valence-electron chi connectivity index (χ1n) is 9.15. The molecular formula is C22H22N2O3. The smallest absolute Gasteiger partial charge is 0.268 e. The minimum absolute atomic E-state index is 0.129. The Morgan fingerprint density at radius 1 is 1.11 bits per heavy atom. The molecule has 1 N–H and O–H groups in total. The van der Waals surface area contributed by atoms with Gasteiger partial charge in [0.2, 0.25) is 0 Å². The van der Waals surface area contributed by atoms with Crippen molar-refractivity contribution in [2.75, 3.05) is 0 Å². The molecule has 0 bridgehead atoms. The van der Waals surface area contributed by atoms with Crippen LogP contribution in [0.4, 0.5) is 0 Å². The van der Waals surface area contributed by atoms with E-state index in [1.807, 2.05) is 41.8 Å². The number of benzene rings is 1. The van der Waals surface area contributed by atoms with E-state index >= 15 is 0 Å². The molecule has 0 saturated heterocycles. The normalized spacial score (nSPS) is 11.1. The number of hydrogen-bond donors (Lipinski definition) is 1. The second kappa shape index (κ2) is 7.58. The van der Waals surface area contributed by atoms with Gasteiger partial charge < -0.3 is 18.7 Å². The second-order valence-corrected chi connectivity index (χ2v) is 6.64. The first-order chi connectivity index (χ1) is 13.2. The number of fused-ring (bicyclic) bond motifs is 1. The lowest BCUT2D eigenvalue weighted by atomic mass is 10.1. The van der Waals surface area contributed by atoms with E-state index in [0.717, 1.165) is 42.0 Å². The van der Waals surface area contributed by atoms with E-state index in [0.29, 0.717) is 12.2 Å². The Balaban J connectivity index is 1.51. The van der Waals surface area contributed by atoms with Crippen LogP contribution in [0.1, 0.15) is 34.0 Å². The topological polar surface area (TPSA) is 60.3 Å². The summed E-state index contributed by atoms with van der Waals surface area (Å²) in [4.78, 5) is 12.7. The van der Waals surface area contributed by atoms with Crippen molar-refractivity contribution < 1.29 is 13.6 Å². The van der Waals surface area contributed by atoms with Crippen molar-refractivity contribution in [2.45, 2.75) is 32.9 Å². The number of aromatic nitrogens is 1. The van der Waals surface area contributed by atoms with Gasteiger partial charge in [0.25, 0.3) is 5.91 Å². The summed E-state index contributed by atoms with van der Waals surface area (Å²) in [6, 6.07) is 17.8. The molecule has 3 aromatic heterocycles. The van der Waals surface area contributed by atoms with Crippen LogP contribution >= 0.6 is 0 Å². The fourth-order valence-electron chi connectivity index (χ4n) is 3.35. The standard InChI is InChI=1S/C22H22N2O3/c1-16-13-19-21(27-16)14-20(22(25)23-15-18-10-6-12-26-18)24(19)11-5-9-17-7-3-2-4-8-17/h2-4,6-8,10,12-14H,5,9,11,15H2,1H3,(H,23,25). The number of nitrogens with one attached hydrogen (secondary N) is 1. The second-order valence-electron chi connectivity index (χ2n) is 6.64. The van der Waals surface area contributed by atoms with Crippen molar-refractivity contribution in [2.24, 2.45) is 0 Å². The number of carbonyl (C=O) groups is 1. The highest BCUT2D eigenvalue weighted by molar-refractivity contribution is 5.97. The molecule has 1 amide bonds. The van der Waals surface area contributed by atoms with Crippen LogP contribution in [0.15, 0.2) is 69.7 Å². The summed E-state index contributed by atoms with van der Waals surface area (Å²) in [5, 5.41) is 2.92. The van der Waals surface area contributed by atoms with Gasteiger partial charge in [0.05, 0.1) is 18.3 Å². The highest BCUT2D eigenvalue weighted by atomic mass is 16.3. The summed E-state index contributed by atoms with van der Waals surface area (Å²) < 4.78 is 13.1. The Labute approximate surface area is 157 Å². The lowest BCUT2D eigenvalue weighted by molar-refractivity contribution is 0.0939. The number of hydrogen-bond acceptors (Lipinski definition) is 3.